The van der Waals surface area contributed by atoms with Gasteiger partial charge in [-0.2, -0.15) is 0 Å². The highest BCUT2D eigenvalue weighted by atomic mass is 16.3. The number of allylic oxidation sites excluding steroid dienone is 4. The minimum absolute atomic E-state index is 0.484. The van der Waals surface area contributed by atoms with Crippen molar-refractivity contribution in [1.82, 2.24) is 0 Å². The number of para-hydroxylation sites is 1. The van der Waals surface area contributed by atoms with Gasteiger partial charge >= 0.3 is 0 Å². The summed E-state index contributed by atoms with van der Waals surface area (Å²) < 4.78 is 5.96. The molecule has 0 bridgehead atoms. The number of rotatable bonds is 4. The largest absolute Gasteiger partial charge is 0.456 e. The van der Waals surface area contributed by atoms with Gasteiger partial charge < -0.3 is 9.73 Å². The van der Waals surface area contributed by atoms with Crippen LogP contribution in [0.2, 0.25) is 0 Å². The van der Waals surface area contributed by atoms with Gasteiger partial charge in [0.05, 0.1) is 0 Å². The van der Waals surface area contributed by atoms with E-state index in [0.29, 0.717) is 5.92 Å². The summed E-state index contributed by atoms with van der Waals surface area (Å²) in [7, 11) is 0. The van der Waals surface area contributed by atoms with E-state index in [4.69, 9.17) is 4.42 Å². The lowest BCUT2D eigenvalue weighted by Crippen LogP contribution is -1.97. The average molecular weight is 414 g/mol. The molecule has 32 heavy (non-hydrogen) atoms. The quantitative estimate of drug-likeness (QED) is 0.319. The fraction of sp³-hybridized carbons (Fsp3) is 0.0667. The molecule has 1 aliphatic carbocycles. The third-order valence-electron chi connectivity index (χ3n) is 6.20. The minimum Gasteiger partial charge on any atom is -0.456 e. The predicted molar refractivity (Wildman–Crippen MR) is 135 cm³/mol. The molecule has 1 heterocycles. The average Bonchev–Trinajstić information content (AvgIpc) is 3.24. The molecule has 0 fully saturated rings. The van der Waals surface area contributed by atoms with Crippen LogP contribution in [0.1, 0.15) is 17.9 Å². The molecular formula is C30H23NO. The Kier molecular flexibility index (Phi) is 4.62. The molecule has 2 nitrogen and oxygen atoms in total. The van der Waals surface area contributed by atoms with Crippen molar-refractivity contribution in [2.75, 3.05) is 5.32 Å². The summed E-state index contributed by atoms with van der Waals surface area (Å²) >= 11 is 0. The highest BCUT2D eigenvalue weighted by Crippen LogP contribution is 2.33. The van der Waals surface area contributed by atoms with Gasteiger partial charge in [0.25, 0.3) is 0 Å². The van der Waals surface area contributed by atoms with Crippen LogP contribution >= 0.6 is 0 Å². The first-order valence-corrected chi connectivity index (χ1v) is 11.1. The second-order valence-electron chi connectivity index (χ2n) is 8.29. The lowest BCUT2D eigenvalue weighted by atomic mass is 9.92. The van der Waals surface area contributed by atoms with E-state index >= 15 is 0 Å². The minimum atomic E-state index is 0.484. The van der Waals surface area contributed by atoms with E-state index in [1.807, 2.05) is 12.1 Å². The van der Waals surface area contributed by atoms with Gasteiger partial charge in [0.1, 0.15) is 11.2 Å². The zero-order chi connectivity index (χ0) is 21.3. The lowest BCUT2D eigenvalue weighted by Gasteiger charge is -2.14. The Bertz CT molecular complexity index is 1450. The molecule has 0 saturated heterocycles. The summed E-state index contributed by atoms with van der Waals surface area (Å²) in [5, 5.41) is 5.83. The van der Waals surface area contributed by atoms with Crippen molar-refractivity contribution in [2.45, 2.75) is 12.3 Å². The summed E-state index contributed by atoms with van der Waals surface area (Å²) in [6.07, 6.45) is 9.82. The zero-order valence-corrected chi connectivity index (χ0v) is 17.7. The Morgan fingerprint density at radius 3 is 2.16 bits per heavy atom. The highest BCUT2D eigenvalue weighted by molar-refractivity contribution is 6.06. The van der Waals surface area contributed by atoms with Gasteiger partial charge in [-0.25, -0.2) is 0 Å². The molecule has 1 unspecified atom stereocenters. The van der Waals surface area contributed by atoms with Crippen molar-refractivity contribution in [2.24, 2.45) is 0 Å². The van der Waals surface area contributed by atoms with Crippen LogP contribution in [0.25, 0.3) is 33.1 Å². The van der Waals surface area contributed by atoms with E-state index in [2.05, 4.69) is 108 Å². The van der Waals surface area contributed by atoms with Gasteiger partial charge in [-0.1, -0.05) is 72.8 Å². The number of nitrogens with one attached hydrogen (secondary N) is 1. The Labute approximate surface area is 187 Å². The maximum absolute atomic E-state index is 5.96. The van der Waals surface area contributed by atoms with Crippen molar-refractivity contribution in [3.05, 3.63) is 121 Å². The second-order valence-corrected chi connectivity index (χ2v) is 8.29. The van der Waals surface area contributed by atoms with Gasteiger partial charge in [-0.3, -0.25) is 0 Å². The molecule has 6 rings (SSSR count). The zero-order valence-electron chi connectivity index (χ0n) is 17.7. The molecule has 0 amide bonds. The van der Waals surface area contributed by atoms with Gasteiger partial charge in [0.15, 0.2) is 0 Å². The molecule has 1 atom stereocenters. The second kappa shape index (κ2) is 7.90. The Morgan fingerprint density at radius 2 is 1.38 bits per heavy atom. The molecule has 4 aromatic carbocycles. The SMILES string of the molecule is C1=CCC(c2ccc(Nc3ccc(-c4ccc5oc6ccccc6c5c4)cc3)cc2)C=C1. The summed E-state index contributed by atoms with van der Waals surface area (Å²) in [4.78, 5) is 0. The van der Waals surface area contributed by atoms with Crippen molar-refractivity contribution >= 4 is 33.3 Å². The first-order valence-electron chi connectivity index (χ1n) is 11.1. The van der Waals surface area contributed by atoms with Crippen LogP contribution in [0.4, 0.5) is 11.4 Å². The number of anilines is 2. The normalized spacial score (nSPS) is 15.4. The third-order valence-corrected chi connectivity index (χ3v) is 6.20. The van der Waals surface area contributed by atoms with E-state index in [9.17, 15) is 0 Å². The Balaban J connectivity index is 1.22. The van der Waals surface area contributed by atoms with Crippen LogP contribution in [0, 0.1) is 0 Å². The Hall–Kier alpha value is -4.04. The van der Waals surface area contributed by atoms with Crippen LogP contribution in [0.5, 0.6) is 0 Å². The predicted octanol–water partition coefficient (Wildman–Crippen LogP) is 8.60. The number of fused-ring (bicyclic) bond motifs is 3. The smallest absolute Gasteiger partial charge is 0.135 e. The van der Waals surface area contributed by atoms with Gasteiger partial charge in [0.2, 0.25) is 0 Å². The maximum Gasteiger partial charge on any atom is 0.135 e. The summed E-state index contributed by atoms with van der Waals surface area (Å²) in [5.74, 6) is 0.484. The molecule has 0 saturated carbocycles. The topological polar surface area (TPSA) is 25.2 Å². The molecule has 1 aromatic heterocycles. The molecular weight excluding hydrogens is 390 g/mol. The first-order chi connectivity index (χ1) is 15.8. The standard InChI is InChI=1S/C30H23NO/c1-2-6-21(7-3-1)22-10-15-25(16-11-22)31-26-17-12-23(13-18-26)24-14-19-30-28(20-24)27-8-4-5-9-29(27)32-30/h1-6,8-21,31H,7H2. The van der Waals surface area contributed by atoms with E-state index in [1.165, 1.54) is 16.7 Å². The lowest BCUT2D eigenvalue weighted by molar-refractivity contribution is 0.669. The van der Waals surface area contributed by atoms with Crippen LogP contribution in [-0.2, 0) is 0 Å². The summed E-state index contributed by atoms with van der Waals surface area (Å²) in [6.45, 7) is 0. The third kappa shape index (κ3) is 3.50. The number of benzene rings is 4. The molecule has 154 valence electrons. The van der Waals surface area contributed by atoms with Gasteiger partial charge in [0, 0.05) is 28.1 Å². The van der Waals surface area contributed by atoms with Crippen LogP contribution < -0.4 is 5.32 Å². The van der Waals surface area contributed by atoms with E-state index < -0.39 is 0 Å². The van der Waals surface area contributed by atoms with E-state index in [1.54, 1.807) is 0 Å². The highest BCUT2D eigenvalue weighted by Gasteiger charge is 2.09. The van der Waals surface area contributed by atoms with Crippen molar-refractivity contribution in [1.29, 1.82) is 0 Å². The van der Waals surface area contributed by atoms with Crippen molar-refractivity contribution < 1.29 is 4.42 Å². The summed E-state index contributed by atoms with van der Waals surface area (Å²) in [6, 6.07) is 32.0. The maximum atomic E-state index is 5.96. The number of hydrogen-bond acceptors (Lipinski definition) is 2. The van der Waals surface area contributed by atoms with Crippen LogP contribution in [-0.4, -0.2) is 0 Å². The molecule has 5 aromatic rings. The van der Waals surface area contributed by atoms with Crippen molar-refractivity contribution in [3.8, 4) is 11.1 Å². The summed E-state index contributed by atoms with van der Waals surface area (Å²) in [5.41, 5.74) is 7.77. The number of hydrogen-bond donors (Lipinski definition) is 1. The fourth-order valence-electron chi connectivity index (χ4n) is 4.46. The van der Waals surface area contributed by atoms with Crippen molar-refractivity contribution in [3.63, 3.8) is 0 Å². The van der Waals surface area contributed by atoms with E-state index in [-0.39, 0.29) is 0 Å². The first kappa shape index (κ1) is 18.7. The van der Waals surface area contributed by atoms with E-state index in [0.717, 1.165) is 39.7 Å². The molecule has 2 heteroatoms. The fourth-order valence-corrected chi connectivity index (χ4v) is 4.46. The molecule has 0 aliphatic heterocycles. The molecule has 0 radical (unpaired) electrons. The van der Waals surface area contributed by atoms with Crippen LogP contribution in [0.15, 0.2) is 120 Å². The molecule has 0 spiro atoms. The van der Waals surface area contributed by atoms with Gasteiger partial charge in [-0.15, -0.1) is 0 Å². The van der Waals surface area contributed by atoms with Crippen LogP contribution in [0.3, 0.4) is 0 Å². The molecule has 1 N–H and O–H groups in total. The monoisotopic (exact) mass is 413 g/mol. The molecule has 1 aliphatic rings. The number of furan rings is 1. The van der Waals surface area contributed by atoms with Gasteiger partial charge in [-0.05, 0) is 65.6 Å². The Morgan fingerprint density at radius 1 is 0.656 bits per heavy atom.